The van der Waals surface area contributed by atoms with Crippen molar-refractivity contribution in [2.24, 2.45) is 7.05 Å². The first-order valence-corrected chi connectivity index (χ1v) is 14.7. The van der Waals surface area contributed by atoms with E-state index in [1.54, 1.807) is 44.7 Å². The molecule has 44 heavy (non-hydrogen) atoms. The minimum atomic E-state index is -0.218. The van der Waals surface area contributed by atoms with Gasteiger partial charge in [0.1, 0.15) is 11.5 Å². The highest BCUT2D eigenvalue weighted by atomic mass is 16.2. The Morgan fingerprint density at radius 2 is 1.66 bits per heavy atom. The van der Waals surface area contributed by atoms with Crippen molar-refractivity contribution in [3.05, 3.63) is 89.0 Å². The summed E-state index contributed by atoms with van der Waals surface area (Å²) in [7, 11) is 5.56. The van der Waals surface area contributed by atoms with Gasteiger partial charge in [-0.1, -0.05) is 18.2 Å². The van der Waals surface area contributed by atoms with Gasteiger partial charge in [0.15, 0.2) is 0 Å². The Bertz CT molecular complexity index is 1890. The number of fused-ring (bicyclic) bond motifs is 1. The summed E-state index contributed by atoms with van der Waals surface area (Å²) in [6.45, 7) is 3.74. The molecule has 1 amide bonds. The second kappa shape index (κ2) is 11.9. The fourth-order valence-corrected chi connectivity index (χ4v) is 5.70. The van der Waals surface area contributed by atoms with Gasteiger partial charge in [-0.05, 0) is 92.5 Å². The quantitative estimate of drug-likeness (QED) is 0.261. The standard InChI is InChI=1S/C34H36N8O2/c1-21(43)41(3)31-12-8-25(19-36-31)24-7-11-30(35)28(17-24)29-18-26-20-37-34(39-32(26)42(4)33(29)44)38-27-9-5-22(6-10-27)23-13-15-40(2)16-14-23/h5-12,17-20,23H,13-16,35H2,1-4H3,(H,37,38,39). The molecule has 3 N–H and O–H groups in total. The van der Waals surface area contributed by atoms with Crippen molar-refractivity contribution in [2.75, 3.05) is 43.1 Å². The molecule has 2 aromatic carbocycles. The molecule has 4 heterocycles. The number of amides is 1. The Balaban J connectivity index is 1.26. The van der Waals surface area contributed by atoms with Gasteiger partial charge >= 0.3 is 0 Å². The second-order valence-electron chi connectivity index (χ2n) is 11.5. The van der Waals surface area contributed by atoms with E-state index in [2.05, 4.69) is 56.5 Å². The van der Waals surface area contributed by atoms with Crippen LogP contribution in [0.2, 0.25) is 0 Å². The van der Waals surface area contributed by atoms with Crippen LogP contribution in [0, 0.1) is 0 Å². The van der Waals surface area contributed by atoms with Crippen molar-refractivity contribution < 1.29 is 4.79 Å². The maximum absolute atomic E-state index is 13.6. The van der Waals surface area contributed by atoms with Crippen molar-refractivity contribution in [2.45, 2.75) is 25.7 Å². The number of nitrogens with zero attached hydrogens (tertiary/aromatic N) is 6. The number of pyridine rings is 2. The minimum Gasteiger partial charge on any atom is -0.398 e. The van der Waals surface area contributed by atoms with Crippen molar-refractivity contribution in [3.63, 3.8) is 0 Å². The topological polar surface area (TPSA) is 122 Å². The van der Waals surface area contributed by atoms with Crippen LogP contribution in [0.25, 0.3) is 33.3 Å². The van der Waals surface area contributed by atoms with Crippen LogP contribution < -0.4 is 21.5 Å². The Labute approximate surface area is 256 Å². The summed E-state index contributed by atoms with van der Waals surface area (Å²) in [5.74, 6) is 1.46. The first-order chi connectivity index (χ1) is 21.2. The Morgan fingerprint density at radius 3 is 2.34 bits per heavy atom. The SMILES string of the molecule is CC(=O)N(C)c1ccc(-c2ccc(N)c(-c3cc4cnc(Nc5ccc(C6CCN(C)CC6)cc5)nc4n(C)c3=O)c2)cn1. The van der Waals surface area contributed by atoms with Crippen molar-refractivity contribution in [1.29, 1.82) is 0 Å². The number of rotatable bonds is 6. The molecule has 0 saturated carbocycles. The molecule has 0 spiro atoms. The average molecular weight is 589 g/mol. The second-order valence-corrected chi connectivity index (χ2v) is 11.5. The molecule has 10 heteroatoms. The van der Waals surface area contributed by atoms with Crippen LogP contribution in [0.5, 0.6) is 0 Å². The van der Waals surface area contributed by atoms with E-state index in [1.807, 2.05) is 18.2 Å². The van der Waals surface area contributed by atoms with Crippen LogP contribution in [0.3, 0.4) is 0 Å². The zero-order chi connectivity index (χ0) is 31.0. The van der Waals surface area contributed by atoms with E-state index in [-0.39, 0.29) is 11.5 Å². The number of carbonyl (C=O) groups is 1. The summed E-state index contributed by atoms with van der Waals surface area (Å²) in [5, 5.41) is 4.00. The molecule has 0 aliphatic carbocycles. The van der Waals surface area contributed by atoms with E-state index in [0.29, 0.717) is 45.5 Å². The number of benzene rings is 2. The van der Waals surface area contributed by atoms with Crippen molar-refractivity contribution in [3.8, 4) is 22.3 Å². The maximum Gasteiger partial charge on any atom is 0.259 e. The van der Waals surface area contributed by atoms with Crippen LogP contribution >= 0.6 is 0 Å². The fraction of sp³-hybridized carbons (Fsp3) is 0.265. The summed E-state index contributed by atoms with van der Waals surface area (Å²) in [5.41, 5.74) is 12.2. The lowest BCUT2D eigenvalue weighted by Gasteiger charge is -2.29. The van der Waals surface area contributed by atoms with E-state index in [4.69, 9.17) is 5.73 Å². The van der Waals surface area contributed by atoms with Crippen LogP contribution in [0.4, 0.5) is 23.1 Å². The van der Waals surface area contributed by atoms with Gasteiger partial charge in [-0.3, -0.25) is 14.2 Å². The average Bonchev–Trinajstić information content (AvgIpc) is 3.04. The number of nitrogens with two attached hydrogens (primary N) is 1. The molecule has 6 rings (SSSR count). The molecule has 3 aromatic heterocycles. The highest BCUT2D eigenvalue weighted by Gasteiger charge is 2.19. The third-order valence-corrected chi connectivity index (χ3v) is 8.55. The number of hydrogen-bond donors (Lipinski definition) is 2. The highest BCUT2D eigenvalue weighted by molar-refractivity contribution is 5.90. The van der Waals surface area contributed by atoms with Crippen molar-refractivity contribution >= 4 is 40.1 Å². The number of aryl methyl sites for hydroxylation is 1. The molecule has 0 atom stereocenters. The van der Waals surface area contributed by atoms with Crippen LogP contribution in [0.15, 0.2) is 77.9 Å². The molecule has 1 fully saturated rings. The Kier molecular flexibility index (Phi) is 7.84. The van der Waals surface area contributed by atoms with Gasteiger partial charge in [0, 0.05) is 61.3 Å². The molecular weight excluding hydrogens is 552 g/mol. The molecule has 5 aromatic rings. The molecule has 0 bridgehead atoms. The summed E-state index contributed by atoms with van der Waals surface area (Å²) in [6.07, 6.45) is 5.77. The number of carbonyl (C=O) groups excluding carboxylic acids is 1. The van der Waals surface area contributed by atoms with E-state index < -0.39 is 0 Å². The lowest BCUT2D eigenvalue weighted by Crippen LogP contribution is -2.29. The summed E-state index contributed by atoms with van der Waals surface area (Å²) < 4.78 is 1.53. The molecule has 1 saturated heterocycles. The number of aromatic nitrogens is 4. The number of piperidine rings is 1. The molecule has 1 aliphatic heterocycles. The number of nitrogens with one attached hydrogen (secondary N) is 1. The summed E-state index contributed by atoms with van der Waals surface area (Å²) >= 11 is 0. The van der Waals surface area contributed by atoms with E-state index in [1.165, 1.54) is 34.8 Å². The minimum absolute atomic E-state index is 0.101. The molecule has 0 radical (unpaired) electrons. The largest absolute Gasteiger partial charge is 0.398 e. The number of nitrogen functional groups attached to an aromatic ring is 1. The van der Waals surface area contributed by atoms with E-state index in [9.17, 15) is 9.59 Å². The Hall–Kier alpha value is -5.09. The molecule has 224 valence electrons. The molecular formula is C34H36N8O2. The Morgan fingerprint density at radius 1 is 0.932 bits per heavy atom. The third-order valence-electron chi connectivity index (χ3n) is 8.55. The van der Waals surface area contributed by atoms with Crippen LogP contribution in [-0.2, 0) is 11.8 Å². The van der Waals surface area contributed by atoms with Gasteiger partial charge in [-0.25, -0.2) is 9.97 Å². The third kappa shape index (κ3) is 5.76. The molecule has 10 nitrogen and oxygen atoms in total. The van der Waals surface area contributed by atoms with Crippen molar-refractivity contribution in [1.82, 2.24) is 24.4 Å². The highest BCUT2D eigenvalue weighted by Crippen LogP contribution is 2.32. The van der Waals surface area contributed by atoms with Gasteiger partial charge < -0.3 is 20.9 Å². The smallest absolute Gasteiger partial charge is 0.259 e. The molecule has 0 unspecified atom stereocenters. The zero-order valence-corrected chi connectivity index (χ0v) is 25.4. The monoisotopic (exact) mass is 588 g/mol. The summed E-state index contributed by atoms with van der Waals surface area (Å²) in [4.78, 5) is 42.8. The summed E-state index contributed by atoms with van der Waals surface area (Å²) in [6, 6.07) is 19.5. The lowest BCUT2D eigenvalue weighted by molar-refractivity contribution is -0.116. The van der Waals surface area contributed by atoms with Gasteiger partial charge in [0.2, 0.25) is 11.9 Å². The predicted octanol–water partition coefficient (Wildman–Crippen LogP) is 5.18. The first-order valence-electron chi connectivity index (χ1n) is 14.7. The normalized spacial score (nSPS) is 14.1. The predicted molar refractivity (Wildman–Crippen MR) is 176 cm³/mol. The number of hydrogen-bond acceptors (Lipinski definition) is 8. The number of likely N-dealkylation sites (tertiary alicyclic amines) is 1. The lowest BCUT2D eigenvalue weighted by atomic mass is 9.89. The first kappa shape index (κ1) is 29.0. The van der Waals surface area contributed by atoms with E-state index >= 15 is 0 Å². The maximum atomic E-state index is 13.6. The van der Waals surface area contributed by atoms with Gasteiger partial charge in [0.25, 0.3) is 5.56 Å². The van der Waals surface area contributed by atoms with Crippen LogP contribution in [0.1, 0.15) is 31.2 Å². The zero-order valence-electron chi connectivity index (χ0n) is 25.4. The van der Waals surface area contributed by atoms with E-state index in [0.717, 1.165) is 29.9 Å². The molecule has 1 aliphatic rings. The van der Waals surface area contributed by atoms with Gasteiger partial charge in [-0.2, -0.15) is 4.98 Å². The fourth-order valence-electron chi connectivity index (χ4n) is 5.70. The van der Waals surface area contributed by atoms with Gasteiger partial charge in [0.05, 0.1) is 5.56 Å². The van der Waals surface area contributed by atoms with Gasteiger partial charge in [-0.15, -0.1) is 0 Å². The number of anilines is 4. The van der Waals surface area contributed by atoms with Crippen LogP contribution in [-0.4, -0.2) is 57.5 Å².